The first-order valence-electron chi connectivity index (χ1n) is 12.4. The van der Waals surface area contributed by atoms with Crippen LogP contribution in [-0.4, -0.2) is 77.5 Å². The van der Waals surface area contributed by atoms with E-state index in [1.165, 1.54) is 0 Å². The molecule has 0 aliphatic heterocycles. The van der Waals surface area contributed by atoms with Crippen molar-refractivity contribution in [3.05, 3.63) is 0 Å². The fraction of sp³-hybridized carbons (Fsp3) is 0.800. The van der Waals surface area contributed by atoms with Crippen molar-refractivity contribution in [2.45, 2.75) is 103 Å². The number of halogens is 1. The van der Waals surface area contributed by atoms with Crippen LogP contribution in [0.5, 0.6) is 0 Å². The maximum Gasteiger partial charge on any atom is 0.511 e. The van der Waals surface area contributed by atoms with Crippen LogP contribution in [0.1, 0.15) is 69.2 Å². The van der Waals surface area contributed by atoms with Gasteiger partial charge in [0.2, 0.25) is 0 Å². The second-order valence-corrected chi connectivity index (χ2v) is 12.9. The van der Waals surface area contributed by atoms with E-state index in [0.717, 1.165) is 7.11 Å². The molecule has 14 heteroatoms. The number of methoxy groups -OCH3 is 1. The van der Waals surface area contributed by atoms with Crippen LogP contribution >= 0.6 is 22.6 Å². The smallest absolute Gasteiger partial charge is 0.463 e. The number of alkyl halides is 1. The maximum atomic E-state index is 12.9. The Bertz CT molecular complexity index is 850. The van der Waals surface area contributed by atoms with E-state index >= 15 is 0 Å². The molecular weight excluding hydrogens is 631 g/mol. The van der Waals surface area contributed by atoms with Gasteiger partial charge in [0.15, 0.2) is 0 Å². The lowest BCUT2D eigenvalue weighted by Crippen LogP contribution is -2.50. The molecule has 0 spiro atoms. The third kappa shape index (κ3) is 15.6. The molecule has 0 aromatic rings. The van der Waals surface area contributed by atoms with Crippen LogP contribution in [0.15, 0.2) is 0 Å². The largest absolute Gasteiger partial charge is 0.511 e. The van der Waals surface area contributed by atoms with Gasteiger partial charge in [-0.05, 0) is 53.4 Å². The topological polar surface area (TPSA) is 165 Å². The average Bonchev–Trinajstić information content (AvgIpc) is 2.75. The third-order valence-corrected chi connectivity index (χ3v) is 5.42. The lowest BCUT2D eigenvalue weighted by Gasteiger charge is -2.28. The number of ether oxygens (including phenoxy) is 6. The van der Waals surface area contributed by atoms with Crippen LogP contribution in [0, 0.1) is 11.8 Å². The molecule has 39 heavy (non-hydrogen) atoms. The van der Waals surface area contributed by atoms with Crippen molar-refractivity contribution in [1.82, 2.24) is 10.6 Å². The first-order chi connectivity index (χ1) is 17.7. The molecule has 2 N–H and O–H groups in total. The summed E-state index contributed by atoms with van der Waals surface area (Å²) in [5.41, 5.74) is -1.56. The summed E-state index contributed by atoms with van der Waals surface area (Å²) in [6.07, 6.45) is -4.31. The number of carbonyl (C=O) groups is 5. The lowest BCUT2D eigenvalue weighted by atomic mass is 10.1. The molecule has 13 nitrogen and oxygen atoms in total. The van der Waals surface area contributed by atoms with Gasteiger partial charge in [0.05, 0.1) is 7.11 Å². The van der Waals surface area contributed by atoms with E-state index in [-0.39, 0.29) is 12.5 Å². The van der Waals surface area contributed by atoms with Crippen molar-refractivity contribution in [3.8, 4) is 0 Å². The minimum absolute atomic E-state index is 0.344. The van der Waals surface area contributed by atoms with Crippen molar-refractivity contribution in [3.63, 3.8) is 0 Å². The van der Waals surface area contributed by atoms with Gasteiger partial charge in [-0.15, -0.1) is 0 Å². The van der Waals surface area contributed by atoms with Crippen LogP contribution < -0.4 is 10.6 Å². The molecule has 0 aliphatic rings. The predicted molar refractivity (Wildman–Crippen MR) is 148 cm³/mol. The molecule has 0 saturated carbocycles. The van der Waals surface area contributed by atoms with Gasteiger partial charge < -0.3 is 39.1 Å². The van der Waals surface area contributed by atoms with E-state index in [0.29, 0.717) is 0 Å². The Morgan fingerprint density at radius 1 is 0.718 bits per heavy atom. The summed E-state index contributed by atoms with van der Waals surface area (Å²) in [5, 5.41) is 4.93. The van der Waals surface area contributed by atoms with E-state index in [1.54, 1.807) is 91.8 Å². The second-order valence-electron chi connectivity index (χ2n) is 11.3. The van der Waals surface area contributed by atoms with Crippen LogP contribution in [0.3, 0.4) is 0 Å². The first kappa shape index (κ1) is 36.5. The van der Waals surface area contributed by atoms with Crippen LogP contribution in [0.2, 0.25) is 0 Å². The summed E-state index contributed by atoms with van der Waals surface area (Å²) >= 11 is 1.78. The summed E-state index contributed by atoms with van der Waals surface area (Å²) in [7, 11) is 1.07. The first-order valence-corrected chi connectivity index (χ1v) is 13.7. The number of carbonyl (C=O) groups excluding carboxylic acids is 5. The maximum absolute atomic E-state index is 12.9. The van der Waals surface area contributed by atoms with Crippen LogP contribution in [-0.2, 0) is 38.0 Å². The minimum Gasteiger partial charge on any atom is -0.463 e. The number of amides is 2. The molecule has 0 rings (SSSR count). The molecule has 0 fully saturated rings. The minimum atomic E-state index is -1.55. The fourth-order valence-electron chi connectivity index (χ4n) is 2.70. The third-order valence-electron chi connectivity index (χ3n) is 4.48. The molecule has 2 unspecified atom stereocenters. The molecular formula is C25H43IN2O11. The predicted octanol–water partition coefficient (Wildman–Crippen LogP) is 4.08. The molecule has 0 aliphatic carbocycles. The van der Waals surface area contributed by atoms with Crippen molar-refractivity contribution in [2.75, 3.05) is 13.7 Å². The Morgan fingerprint density at radius 3 is 1.49 bits per heavy atom. The number of alkyl carbamates (subject to hydrolysis) is 2. The quantitative estimate of drug-likeness (QED) is 0.107. The van der Waals surface area contributed by atoms with E-state index in [4.69, 9.17) is 23.7 Å². The molecule has 0 bridgehead atoms. The highest BCUT2D eigenvalue weighted by atomic mass is 127. The monoisotopic (exact) mass is 674 g/mol. The number of esters is 2. The lowest BCUT2D eigenvalue weighted by molar-refractivity contribution is -0.175. The van der Waals surface area contributed by atoms with Crippen molar-refractivity contribution in [1.29, 1.82) is 0 Å². The highest BCUT2D eigenvalue weighted by molar-refractivity contribution is 14.1. The molecule has 226 valence electrons. The summed E-state index contributed by atoms with van der Waals surface area (Å²) in [5.74, 6) is -2.44. The molecule has 0 heterocycles. The summed E-state index contributed by atoms with van der Waals surface area (Å²) < 4.78 is 29.8. The van der Waals surface area contributed by atoms with E-state index in [9.17, 15) is 24.0 Å². The van der Waals surface area contributed by atoms with Crippen molar-refractivity contribution < 1.29 is 52.4 Å². The van der Waals surface area contributed by atoms with Crippen LogP contribution in [0.4, 0.5) is 14.4 Å². The zero-order chi connectivity index (χ0) is 30.7. The number of hydrogen-bond acceptors (Lipinski definition) is 11. The highest BCUT2D eigenvalue weighted by Crippen LogP contribution is 2.18. The van der Waals surface area contributed by atoms with E-state index in [2.05, 4.69) is 15.4 Å². The normalized spacial score (nSPS) is 14.8. The summed E-state index contributed by atoms with van der Waals surface area (Å²) in [6.45, 7) is 16.5. The van der Waals surface area contributed by atoms with Crippen LogP contribution in [0.25, 0.3) is 0 Å². The van der Waals surface area contributed by atoms with Gasteiger partial charge in [-0.2, -0.15) is 0 Å². The number of rotatable bonds is 11. The highest BCUT2D eigenvalue weighted by Gasteiger charge is 2.36. The molecule has 0 saturated heterocycles. The Kier molecular flexibility index (Phi) is 14.9. The standard InChI is InChI=1S/C25H43IN2O11/c1-13(2)16(27-21(31)38-24(5,6)7)18(29)35-12-15(26)20(37-23(33)34-11)36-19(30)17(14(3)4)28-22(32)39-25(8,9)10/h13-17,20H,12H2,1-11H3,(H,27,31)(H,28,32)/t15?,16-,17-,20?/m0/s1. The number of nitrogens with one attached hydrogen (secondary N) is 2. The Balaban J connectivity index is 5.49. The fourth-order valence-corrected chi connectivity index (χ4v) is 3.17. The van der Waals surface area contributed by atoms with Gasteiger partial charge >= 0.3 is 30.3 Å². The summed E-state index contributed by atoms with van der Waals surface area (Å²) in [6, 6.07) is -2.17. The zero-order valence-corrected chi connectivity index (χ0v) is 26.7. The molecule has 2 amide bonds. The number of hydrogen-bond donors (Lipinski definition) is 2. The molecule has 0 aromatic carbocycles. The van der Waals surface area contributed by atoms with Crippen molar-refractivity contribution in [2.24, 2.45) is 11.8 Å². The summed E-state index contributed by atoms with van der Waals surface area (Å²) in [4.78, 5) is 61.9. The zero-order valence-electron chi connectivity index (χ0n) is 24.5. The van der Waals surface area contributed by atoms with E-state index in [1.807, 2.05) is 0 Å². The second kappa shape index (κ2) is 15.9. The molecule has 0 aromatic heterocycles. The van der Waals surface area contributed by atoms with Gasteiger partial charge in [-0.1, -0.05) is 50.3 Å². The Hall–Kier alpha value is -2.52. The molecule has 0 radical (unpaired) electrons. The van der Waals surface area contributed by atoms with Gasteiger partial charge in [0.25, 0.3) is 6.29 Å². The molecule has 4 atom stereocenters. The van der Waals surface area contributed by atoms with Gasteiger partial charge in [-0.25, -0.2) is 24.0 Å². The Morgan fingerprint density at radius 2 is 1.13 bits per heavy atom. The Labute approximate surface area is 243 Å². The SMILES string of the molecule is COC(=O)OC(OC(=O)[C@@H](NC(=O)OC(C)(C)C)C(C)C)C(I)COC(=O)[C@@H](NC(=O)OC(C)(C)C)C(C)C. The van der Waals surface area contributed by atoms with E-state index < -0.39 is 69.7 Å². The van der Waals surface area contributed by atoms with Gasteiger partial charge in [0.1, 0.15) is 33.8 Å². The van der Waals surface area contributed by atoms with Gasteiger partial charge in [-0.3, -0.25) is 0 Å². The average molecular weight is 675 g/mol. The van der Waals surface area contributed by atoms with Gasteiger partial charge in [0, 0.05) is 0 Å². The van der Waals surface area contributed by atoms with Crippen molar-refractivity contribution >= 4 is 52.9 Å².